The molecule has 384 valence electrons. The van der Waals surface area contributed by atoms with Crippen LogP contribution in [-0.4, -0.2) is 46.1 Å². The fourth-order valence-electron chi connectivity index (χ4n) is 9.87. The minimum absolute atomic E-state index is 0.135. The van der Waals surface area contributed by atoms with Gasteiger partial charge in [0.2, 0.25) is 5.91 Å². The van der Waals surface area contributed by atoms with Crippen molar-refractivity contribution in [3.8, 4) is 0 Å². The van der Waals surface area contributed by atoms with Gasteiger partial charge in [-0.2, -0.15) is 0 Å². The molecule has 0 fully saturated rings. The van der Waals surface area contributed by atoms with Crippen molar-refractivity contribution in [2.24, 2.45) is 0 Å². The summed E-state index contributed by atoms with van der Waals surface area (Å²) in [6.07, 6.45) is 67.0. The van der Waals surface area contributed by atoms with E-state index in [1.54, 1.807) is 0 Å². The van der Waals surface area contributed by atoms with Gasteiger partial charge in [-0.1, -0.05) is 328 Å². The second-order valence-corrected chi connectivity index (χ2v) is 20.9. The number of nitrogens with one attached hydrogen (secondary N) is 1. The van der Waals surface area contributed by atoms with Crippen LogP contribution in [0.3, 0.4) is 0 Å². The first-order valence-corrected chi connectivity index (χ1v) is 29.8. The van der Waals surface area contributed by atoms with E-state index < -0.39 is 18.2 Å². The molecule has 4 N–H and O–H groups in total. The molecule has 0 aliphatic rings. The number of carbonyl (C=O) groups is 1. The number of hydrogen-bond donors (Lipinski definition) is 4. The Kier molecular flexibility index (Phi) is 54.4. The summed E-state index contributed by atoms with van der Waals surface area (Å²) >= 11 is 0. The van der Waals surface area contributed by atoms with Crippen molar-refractivity contribution >= 4 is 5.91 Å². The fraction of sp³-hybridized carbons (Fsp3) is 0.983. The van der Waals surface area contributed by atoms with Gasteiger partial charge in [-0.3, -0.25) is 4.79 Å². The van der Waals surface area contributed by atoms with E-state index in [2.05, 4.69) is 19.2 Å². The van der Waals surface area contributed by atoms with Gasteiger partial charge in [-0.05, 0) is 12.8 Å². The number of unbranched alkanes of at least 4 members (excludes halogenated alkanes) is 48. The molecule has 0 aromatic heterocycles. The SMILES string of the molecule is CCCCCCCCCCCCCCCCCCCCCCCCCCCCCC(=O)NC(CO)C(O)C(O)CCCCCCCCCCCCCCCCCCCCCCCCC. The molecule has 0 aromatic carbocycles. The Morgan fingerprint density at radius 2 is 0.531 bits per heavy atom. The lowest BCUT2D eigenvalue weighted by molar-refractivity contribution is -0.124. The average Bonchev–Trinajstić information content (AvgIpc) is 3.30. The third-order valence-electron chi connectivity index (χ3n) is 14.5. The third kappa shape index (κ3) is 49.3. The van der Waals surface area contributed by atoms with Gasteiger partial charge in [0.1, 0.15) is 6.10 Å². The van der Waals surface area contributed by atoms with Crippen LogP contribution in [0.2, 0.25) is 0 Å². The summed E-state index contributed by atoms with van der Waals surface area (Å²) in [6.45, 7) is 4.23. The highest BCUT2D eigenvalue weighted by Crippen LogP contribution is 2.19. The lowest BCUT2D eigenvalue weighted by atomic mass is 9.99. The minimum atomic E-state index is -1.13. The van der Waals surface area contributed by atoms with Gasteiger partial charge in [0.15, 0.2) is 0 Å². The summed E-state index contributed by atoms with van der Waals surface area (Å²) in [4.78, 5) is 12.5. The number of aliphatic hydroxyl groups excluding tert-OH is 3. The molecule has 0 aliphatic heterocycles. The van der Waals surface area contributed by atoms with Crippen LogP contribution in [-0.2, 0) is 4.79 Å². The van der Waals surface area contributed by atoms with E-state index in [0.29, 0.717) is 12.8 Å². The molecule has 64 heavy (non-hydrogen) atoms. The fourth-order valence-corrected chi connectivity index (χ4v) is 9.87. The van der Waals surface area contributed by atoms with Crippen LogP contribution in [0, 0.1) is 0 Å². The normalized spacial score (nSPS) is 13.1. The molecule has 0 rings (SSSR count). The molecule has 3 atom stereocenters. The maximum atomic E-state index is 12.5. The first kappa shape index (κ1) is 63.4. The Hall–Kier alpha value is -0.650. The molecule has 1 amide bonds. The maximum Gasteiger partial charge on any atom is 0.220 e. The number of rotatable bonds is 56. The summed E-state index contributed by atoms with van der Waals surface area (Å²) in [5.74, 6) is -0.135. The number of hydrogen-bond acceptors (Lipinski definition) is 4. The monoisotopic (exact) mass is 906 g/mol. The third-order valence-corrected chi connectivity index (χ3v) is 14.5. The molecular weight excluding hydrogens is 787 g/mol. The van der Waals surface area contributed by atoms with Crippen LogP contribution in [0.4, 0.5) is 0 Å². The van der Waals surface area contributed by atoms with E-state index in [1.807, 2.05) is 0 Å². The Morgan fingerprint density at radius 1 is 0.328 bits per heavy atom. The molecule has 5 nitrogen and oxygen atoms in total. The Bertz CT molecular complexity index is 868. The highest BCUT2D eigenvalue weighted by Gasteiger charge is 2.26. The van der Waals surface area contributed by atoms with Crippen molar-refractivity contribution in [2.75, 3.05) is 6.61 Å². The van der Waals surface area contributed by atoms with E-state index in [0.717, 1.165) is 32.1 Å². The summed E-state index contributed by atoms with van der Waals surface area (Å²) in [5, 5.41) is 33.9. The van der Waals surface area contributed by atoms with Crippen LogP contribution >= 0.6 is 0 Å². The molecule has 0 bridgehead atoms. The molecule has 0 saturated carbocycles. The smallest absolute Gasteiger partial charge is 0.220 e. The predicted octanol–water partition coefficient (Wildman–Crippen LogP) is 18.5. The van der Waals surface area contributed by atoms with Gasteiger partial charge >= 0.3 is 0 Å². The summed E-state index contributed by atoms with van der Waals surface area (Å²) in [6, 6.07) is -0.805. The van der Waals surface area contributed by atoms with Gasteiger partial charge in [0.05, 0.1) is 18.8 Å². The van der Waals surface area contributed by atoms with E-state index in [9.17, 15) is 20.1 Å². The van der Waals surface area contributed by atoms with Crippen LogP contribution in [0.15, 0.2) is 0 Å². The van der Waals surface area contributed by atoms with Gasteiger partial charge in [-0.25, -0.2) is 0 Å². The van der Waals surface area contributed by atoms with Crippen LogP contribution < -0.4 is 5.32 Å². The molecule has 0 saturated heterocycles. The average molecular weight is 907 g/mol. The van der Waals surface area contributed by atoms with E-state index in [-0.39, 0.29) is 12.5 Å². The number of amides is 1. The first-order chi connectivity index (χ1) is 31.6. The molecule has 0 spiro atoms. The molecule has 3 unspecified atom stereocenters. The zero-order valence-electron chi connectivity index (χ0n) is 44.0. The molecular formula is C59H119NO4. The van der Waals surface area contributed by atoms with Crippen molar-refractivity contribution in [3.05, 3.63) is 0 Å². The lowest BCUT2D eigenvalue weighted by Crippen LogP contribution is -2.50. The molecule has 0 aliphatic carbocycles. The highest BCUT2D eigenvalue weighted by molar-refractivity contribution is 5.76. The molecule has 0 aromatic rings. The van der Waals surface area contributed by atoms with E-state index >= 15 is 0 Å². The predicted molar refractivity (Wildman–Crippen MR) is 282 cm³/mol. The van der Waals surface area contributed by atoms with Crippen molar-refractivity contribution in [3.63, 3.8) is 0 Å². The quantitative estimate of drug-likeness (QED) is 0.0458. The number of aliphatic hydroxyl groups is 3. The van der Waals surface area contributed by atoms with E-state index in [1.165, 1.54) is 289 Å². The zero-order valence-corrected chi connectivity index (χ0v) is 44.0. The van der Waals surface area contributed by atoms with Crippen LogP contribution in [0.25, 0.3) is 0 Å². The topological polar surface area (TPSA) is 89.8 Å². The molecule has 0 heterocycles. The Labute approximate surface area is 402 Å². The Balaban J connectivity index is 3.47. The van der Waals surface area contributed by atoms with Crippen LogP contribution in [0.5, 0.6) is 0 Å². The van der Waals surface area contributed by atoms with Crippen molar-refractivity contribution in [1.82, 2.24) is 5.32 Å². The lowest BCUT2D eigenvalue weighted by Gasteiger charge is -2.26. The minimum Gasteiger partial charge on any atom is -0.394 e. The second kappa shape index (κ2) is 55.0. The summed E-state index contributed by atoms with van der Waals surface area (Å²) in [5.41, 5.74) is 0. The van der Waals surface area contributed by atoms with Crippen LogP contribution in [0.1, 0.15) is 348 Å². The van der Waals surface area contributed by atoms with E-state index in [4.69, 9.17) is 0 Å². The van der Waals surface area contributed by atoms with Crippen molar-refractivity contribution in [1.29, 1.82) is 0 Å². The summed E-state index contributed by atoms with van der Waals surface area (Å²) in [7, 11) is 0. The Morgan fingerprint density at radius 3 is 0.750 bits per heavy atom. The highest BCUT2D eigenvalue weighted by atomic mass is 16.3. The molecule has 5 heteroatoms. The van der Waals surface area contributed by atoms with Gasteiger partial charge in [0, 0.05) is 6.42 Å². The van der Waals surface area contributed by atoms with Gasteiger partial charge in [-0.15, -0.1) is 0 Å². The van der Waals surface area contributed by atoms with Gasteiger partial charge < -0.3 is 20.6 Å². The first-order valence-electron chi connectivity index (χ1n) is 29.8. The second-order valence-electron chi connectivity index (χ2n) is 20.9. The zero-order chi connectivity index (χ0) is 46.5. The van der Waals surface area contributed by atoms with Crippen molar-refractivity contribution < 1.29 is 20.1 Å². The molecule has 0 radical (unpaired) electrons. The summed E-state index contributed by atoms with van der Waals surface area (Å²) < 4.78 is 0. The largest absolute Gasteiger partial charge is 0.394 e. The van der Waals surface area contributed by atoms with Crippen molar-refractivity contribution in [2.45, 2.75) is 366 Å². The number of carbonyl (C=O) groups excluding carboxylic acids is 1. The maximum absolute atomic E-state index is 12.5. The van der Waals surface area contributed by atoms with Gasteiger partial charge in [0.25, 0.3) is 0 Å². The standard InChI is InChI=1S/C59H119NO4/c1-3-5-7-9-11-13-15-17-19-21-23-25-27-28-29-30-32-34-36-38-40-42-44-46-48-50-52-54-58(63)60-56(55-61)59(64)57(62)53-51-49-47-45-43-41-39-37-35-33-31-26-24-22-20-18-16-14-12-10-8-6-4-2/h56-57,59,61-62,64H,3-55H2,1-2H3,(H,60,63).